The Hall–Kier alpha value is -2.21. The van der Waals surface area contributed by atoms with Gasteiger partial charge in [0.1, 0.15) is 23.4 Å². The van der Waals surface area contributed by atoms with Gasteiger partial charge in [0.15, 0.2) is 0 Å². The molecule has 1 unspecified atom stereocenters. The fourth-order valence-corrected chi connectivity index (χ4v) is 2.05. The van der Waals surface area contributed by atoms with Gasteiger partial charge in [-0.2, -0.15) is 0 Å². The lowest BCUT2D eigenvalue weighted by molar-refractivity contribution is 0.148. The molecule has 0 saturated heterocycles. The van der Waals surface area contributed by atoms with Crippen molar-refractivity contribution in [3.63, 3.8) is 0 Å². The number of hydrogen-bond donors (Lipinski definition) is 1. The summed E-state index contributed by atoms with van der Waals surface area (Å²) in [6, 6.07) is 3.43. The van der Waals surface area contributed by atoms with Crippen LogP contribution in [0, 0.1) is 0 Å². The maximum absolute atomic E-state index is 10.4. The monoisotopic (exact) mass is 278 g/mol. The van der Waals surface area contributed by atoms with Gasteiger partial charge in [0.25, 0.3) is 0 Å². The molecule has 1 aromatic heterocycles. The number of nitrogens with zero attached hydrogens (tertiary/aromatic N) is 2. The van der Waals surface area contributed by atoms with Crippen molar-refractivity contribution in [2.45, 2.75) is 12.6 Å². The maximum atomic E-state index is 10.4. The SMILES string of the molecule is COc1cc(OC)c(C(O)Cn2ccnc2)c(OC)c1. The van der Waals surface area contributed by atoms with Crippen molar-refractivity contribution < 1.29 is 19.3 Å². The topological polar surface area (TPSA) is 65.7 Å². The van der Waals surface area contributed by atoms with Crippen LogP contribution in [-0.2, 0) is 6.54 Å². The molecule has 0 radical (unpaired) electrons. The Bertz CT molecular complexity index is 529. The first kappa shape index (κ1) is 14.2. The summed E-state index contributed by atoms with van der Waals surface area (Å²) >= 11 is 0. The highest BCUT2D eigenvalue weighted by Crippen LogP contribution is 2.38. The van der Waals surface area contributed by atoms with Crippen molar-refractivity contribution in [1.82, 2.24) is 9.55 Å². The van der Waals surface area contributed by atoms with Crippen LogP contribution in [-0.4, -0.2) is 36.0 Å². The van der Waals surface area contributed by atoms with Gasteiger partial charge in [-0.1, -0.05) is 0 Å². The van der Waals surface area contributed by atoms with Crippen molar-refractivity contribution in [3.8, 4) is 17.2 Å². The predicted molar refractivity (Wildman–Crippen MR) is 73.3 cm³/mol. The van der Waals surface area contributed by atoms with Crippen LogP contribution < -0.4 is 14.2 Å². The van der Waals surface area contributed by atoms with Crippen LogP contribution in [0.1, 0.15) is 11.7 Å². The summed E-state index contributed by atoms with van der Waals surface area (Å²) in [4.78, 5) is 3.95. The molecule has 0 aliphatic carbocycles. The highest BCUT2D eigenvalue weighted by atomic mass is 16.5. The second-order valence-electron chi connectivity index (χ2n) is 4.22. The third kappa shape index (κ3) is 2.85. The second kappa shape index (κ2) is 6.29. The fraction of sp³-hybridized carbons (Fsp3) is 0.357. The van der Waals surface area contributed by atoms with E-state index in [1.165, 1.54) is 0 Å². The summed E-state index contributed by atoms with van der Waals surface area (Å²) in [5.74, 6) is 1.65. The lowest BCUT2D eigenvalue weighted by Gasteiger charge is -2.19. The van der Waals surface area contributed by atoms with E-state index in [9.17, 15) is 5.11 Å². The van der Waals surface area contributed by atoms with Gasteiger partial charge >= 0.3 is 0 Å². The summed E-state index contributed by atoms with van der Waals surface area (Å²) in [5.41, 5.74) is 0.588. The van der Waals surface area contributed by atoms with Crippen molar-refractivity contribution in [2.24, 2.45) is 0 Å². The van der Waals surface area contributed by atoms with Gasteiger partial charge < -0.3 is 23.9 Å². The molecular formula is C14H18N2O4. The Kier molecular flexibility index (Phi) is 4.47. The van der Waals surface area contributed by atoms with Gasteiger partial charge in [-0.05, 0) is 0 Å². The van der Waals surface area contributed by atoms with E-state index in [-0.39, 0.29) is 0 Å². The normalized spacial score (nSPS) is 12.0. The van der Waals surface area contributed by atoms with Crippen LogP contribution in [0.5, 0.6) is 17.2 Å². The van der Waals surface area contributed by atoms with Gasteiger partial charge in [0.05, 0.1) is 39.8 Å². The zero-order valence-corrected chi connectivity index (χ0v) is 11.7. The number of methoxy groups -OCH3 is 3. The zero-order valence-electron chi connectivity index (χ0n) is 11.7. The molecule has 20 heavy (non-hydrogen) atoms. The number of aliphatic hydroxyl groups is 1. The van der Waals surface area contributed by atoms with Gasteiger partial charge in [0.2, 0.25) is 0 Å². The van der Waals surface area contributed by atoms with E-state index in [0.29, 0.717) is 29.4 Å². The van der Waals surface area contributed by atoms with E-state index in [1.807, 2.05) is 0 Å². The molecule has 0 bridgehead atoms. The molecule has 0 saturated carbocycles. The third-order valence-electron chi connectivity index (χ3n) is 3.03. The molecule has 6 heteroatoms. The Balaban J connectivity index is 2.37. The zero-order chi connectivity index (χ0) is 14.5. The molecule has 1 heterocycles. The molecular weight excluding hydrogens is 260 g/mol. The molecule has 0 amide bonds. The molecule has 108 valence electrons. The minimum atomic E-state index is -0.778. The van der Waals surface area contributed by atoms with Crippen LogP contribution in [0.3, 0.4) is 0 Å². The number of aliphatic hydroxyl groups excluding tert-OH is 1. The average Bonchev–Trinajstić information content (AvgIpc) is 2.98. The molecule has 0 aliphatic heterocycles. The lowest BCUT2D eigenvalue weighted by Crippen LogP contribution is -2.10. The Morgan fingerprint density at radius 1 is 1.15 bits per heavy atom. The molecule has 1 atom stereocenters. The molecule has 1 N–H and O–H groups in total. The summed E-state index contributed by atoms with van der Waals surface area (Å²) in [6.07, 6.45) is 4.31. The minimum absolute atomic E-state index is 0.360. The van der Waals surface area contributed by atoms with Crippen LogP contribution in [0.2, 0.25) is 0 Å². The summed E-state index contributed by atoms with van der Waals surface area (Å²) < 4.78 is 17.6. The third-order valence-corrected chi connectivity index (χ3v) is 3.03. The first-order valence-electron chi connectivity index (χ1n) is 6.13. The van der Waals surface area contributed by atoms with Crippen LogP contribution in [0.25, 0.3) is 0 Å². The summed E-state index contributed by atoms with van der Waals surface area (Å²) in [7, 11) is 4.65. The second-order valence-corrected chi connectivity index (χ2v) is 4.22. The highest BCUT2D eigenvalue weighted by Gasteiger charge is 2.21. The van der Waals surface area contributed by atoms with Gasteiger partial charge in [-0.3, -0.25) is 0 Å². The molecule has 6 nitrogen and oxygen atoms in total. The lowest BCUT2D eigenvalue weighted by atomic mass is 10.1. The predicted octanol–water partition coefficient (Wildman–Crippen LogP) is 1.64. The van der Waals surface area contributed by atoms with E-state index in [1.54, 1.807) is 56.8 Å². The fourth-order valence-electron chi connectivity index (χ4n) is 2.05. The largest absolute Gasteiger partial charge is 0.496 e. The van der Waals surface area contributed by atoms with Crippen LogP contribution in [0.15, 0.2) is 30.9 Å². The smallest absolute Gasteiger partial charge is 0.132 e. The van der Waals surface area contributed by atoms with E-state index in [4.69, 9.17) is 14.2 Å². The van der Waals surface area contributed by atoms with E-state index in [2.05, 4.69) is 4.98 Å². The maximum Gasteiger partial charge on any atom is 0.132 e. The number of rotatable bonds is 6. The Morgan fingerprint density at radius 2 is 1.80 bits per heavy atom. The number of ether oxygens (including phenoxy) is 3. The van der Waals surface area contributed by atoms with Crippen molar-refractivity contribution >= 4 is 0 Å². The number of imidazole rings is 1. The average molecular weight is 278 g/mol. The van der Waals surface area contributed by atoms with Crippen LogP contribution >= 0.6 is 0 Å². The Labute approximate surface area is 117 Å². The van der Waals surface area contributed by atoms with Crippen LogP contribution in [0.4, 0.5) is 0 Å². The van der Waals surface area contributed by atoms with Crippen molar-refractivity contribution in [1.29, 1.82) is 0 Å². The molecule has 2 rings (SSSR count). The molecule has 0 spiro atoms. The van der Waals surface area contributed by atoms with E-state index >= 15 is 0 Å². The molecule has 2 aromatic rings. The Morgan fingerprint density at radius 3 is 2.25 bits per heavy atom. The van der Waals surface area contributed by atoms with E-state index in [0.717, 1.165) is 0 Å². The number of aromatic nitrogens is 2. The molecule has 0 fully saturated rings. The van der Waals surface area contributed by atoms with Crippen molar-refractivity contribution in [3.05, 3.63) is 36.4 Å². The number of hydrogen-bond acceptors (Lipinski definition) is 5. The highest BCUT2D eigenvalue weighted by molar-refractivity contribution is 5.51. The minimum Gasteiger partial charge on any atom is -0.496 e. The molecule has 1 aromatic carbocycles. The number of benzene rings is 1. The van der Waals surface area contributed by atoms with E-state index < -0.39 is 6.10 Å². The summed E-state index contributed by atoms with van der Waals surface area (Å²) in [6.45, 7) is 0.360. The van der Waals surface area contributed by atoms with Gasteiger partial charge in [-0.15, -0.1) is 0 Å². The van der Waals surface area contributed by atoms with Gasteiger partial charge in [-0.25, -0.2) is 4.98 Å². The standard InChI is InChI=1S/C14H18N2O4/c1-18-10-6-12(19-2)14(13(7-10)20-3)11(17)8-16-5-4-15-9-16/h4-7,9,11,17H,8H2,1-3H3. The summed E-state index contributed by atoms with van der Waals surface area (Å²) in [5, 5.41) is 10.4. The first-order chi connectivity index (χ1) is 9.69. The first-order valence-corrected chi connectivity index (χ1v) is 6.13. The van der Waals surface area contributed by atoms with Crippen molar-refractivity contribution in [2.75, 3.05) is 21.3 Å². The quantitative estimate of drug-likeness (QED) is 0.870. The van der Waals surface area contributed by atoms with Gasteiger partial charge in [0, 0.05) is 24.5 Å². The molecule has 0 aliphatic rings.